The van der Waals surface area contributed by atoms with Crippen LogP contribution in [0.2, 0.25) is 0 Å². The molecule has 1 saturated heterocycles. The Morgan fingerprint density at radius 3 is 2.43 bits per heavy atom. The van der Waals surface area contributed by atoms with E-state index in [0.29, 0.717) is 26.1 Å². The van der Waals surface area contributed by atoms with Crippen LogP contribution in [0.4, 0.5) is 5.69 Å². The first kappa shape index (κ1) is 20.6. The van der Waals surface area contributed by atoms with Crippen LogP contribution in [0.15, 0.2) is 53.0 Å². The average molecular weight is 445 g/mol. The summed E-state index contributed by atoms with van der Waals surface area (Å²) in [6.45, 7) is 3.04. The highest BCUT2D eigenvalue weighted by Gasteiger charge is 2.41. The highest BCUT2D eigenvalue weighted by molar-refractivity contribution is 9.10. The molecule has 0 spiro atoms. The number of para-hydroxylation sites is 1. The van der Waals surface area contributed by atoms with Crippen molar-refractivity contribution in [2.75, 3.05) is 25.1 Å². The zero-order chi connectivity index (χ0) is 20.0. The predicted molar refractivity (Wildman–Crippen MR) is 113 cm³/mol. The van der Waals surface area contributed by atoms with Gasteiger partial charge in [-0.05, 0) is 48.6 Å². The van der Waals surface area contributed by atoms with E-state index < -0.39 is 5.41 Å². The van der Waals surface area contributed by atoms with Crippen LogP contribution in [-0.2, 0) is 26.2 Å². The lowest BCUT2D eigenvalue weighted by molar-refractivity contribution is -0.132. The molecule has 3 rings (SSSR count). The molecule has 2 aromatic carbocycles. The first-order valence-corrected chi connectivity index (χ1v) is 10.3. The summed E-state index contributed by atoms with van der Waals surface area (Å²) < 4.78 is 6.45. The van der Waals surface area contributed by atoms with Crippen LogP contribution in [0.5, 0.6) is 0 Å². The van der Waals surface area contributed by atoms with Gasteiger partial charge in [0, 0.05) is 23.4 Å². The second kappa shape index (κ2) is 9.34. The standard InChI is InChI=1S/C22H25BrN2O3/c1-2-16-5-3-4-6-19(16)25-20(26)15-24-21(27)22(11-13-28-14-12-22)17-7-9-18(23)10-8-17/h3-10H,2,11-15H2,1H3,(H,24,27)(H,25,26). The second-order valence-electron chi connectivity index (χ2n) is 6.94. The summed E-state index contributed by atoms with van der Waals surface area (Å²) in [5.74, 6) is -0.357. The third kappa shape index (κ3) is 4.62. The van der Waals surface area contributed by atoms with E-state index in [2.05, 4.69) is 26.6 Å². The number of hydrogen-bond acceptors (Lipinski definition) is 3. The Morgan fingerprint density at radius 2 is 1.75 bits per heavy atom. The maximum absolute atomic E-state index is 13.1. The molecule has 0 radical (unpaired) electrons. The number of carbonyl (C=O) groups excluding carboxylic acids is 2. The van der Waals surface area contributed by atoms with Crippen LogP contribution in [0.1, 0.15) is 30.9 Å². The molecule has 2 amide bonds. The zero-order valence-electron chi connectivity index (χ0n) is 16.0. The highest BCUT2D eigenvalue weighted by atomic mass is 79.9. The Labute approximate surface area is 174 Å². The number of benzene rings is 2. The van der Waals surface area contributed by atoms with Gasteiger partial charge in [0.2, 0.25) is 11.8 Å². The van der Waals surface area contributed by atoms with Crippen LogP contribution < -0.4 is 10.6 Å². The molecule has 148 valence electrons. The van der Waals surface area contributed by atoms with Gasteiger partial charge in [-0.25, -0.2) is 0 Å². The first-order valence-electron chi connectivity index (χ1n) is 9.55. The van der Waals surface area contributed by atoms with E-state index in [1.807, 2.05) is 55.5 Å². The monoisotopic (exact) mass is 444 g/mol. The number of aryl methyl sites for hydroxylation is 1. The summed E-state index contributed by atoms with van der Waals surface area (Å²) in [6, 6.07) is 15.5. The van der Waals surface area contributed by atoms with Crippen molar-refractivity contribution >= 4 is 33.4 Å². The largest absolute Gasteiger partial charge is 0.381 e. The molecule has 6 heteroatoms. The van der Waals surface area contributed by atoms with Crippen molar-refractivity contribution in [2.24, 2.45) is 0 Å². The Morgan fingerprint density at radius 1 is 1.07 bits per heavy atom. The lowest BCUT2D eigenvalue weighted by Gasteiger charge is -2.36. The molecule has 0 atom stereocenters. The number of anilines is 1. The Kier molecular flexibility index (Phi) is 6.86. The van der Waals surface area contributed by atoms with Gasteiger partial charge in [0.1, 0.15) is 0 Å². The smallest absolute Gasteiger partial charge is 0.243 e. The average Bonchev–Trinajstić information content (AvgIpc) is 2.73. The second-order valence-corrected chi connectivity index (χ2v) is 7.86. The third-order valence-corrected chi connectivity index (χ3v) is 5.79. The molecule has 0 unspecified atom stereocenters. The minimum Gasteiger partial charge on any atom is -0.381 e. The van der Waals surface area contributed by atoms with Crippen molar-refractivity contribution in [3.05, 3.63) is 64.1 Å². The number of hydrogen-bond donors (Lipinski definition) is 2. The van der Waals surface area contributed by atoms with Gasteiger partial charge in [0.15, 0.2) is 0 Å². The fraction of sp³-hybridized carbons (Fsp3) is 0.364. The molecule has 1 aliphatic rings. The van der Waals surface area contributed by atoms with E-state index in [0.717, 1.165) is 27.7 Å². The molecule has 1 aliphatic heterocycles. The van der Waals surface area contributed by atoms with E-state index >= 15 is 0 Å². The SMILES string of the molecule is CCc1ccccc1NC(=O)CNC(=O)C1(c2ccc(Br)cc2)CCOCC1. The molecule has 0 bridgehead atoms. The van der Waals surface area contributed by atoms with Crippen LogP contribution in [-0.4, -0.2) is 31.6 Å². The molecular weight excluding hydrogens is 420 g/mol. The maximum Gasteiger partial charge on any atom is 0.243 e. The van der Waals surface area contributed by atoms with Crippen LogP contribution >= 0.6 is 15.9 Å². The summed E-state index contributed by atoms with van der Waals surface area (Å²) in [6.07, 6.45) is 2.02. The van der Waals surface area contributed by atoms with Crippen molar-refractivity contribution < 1.29 is 14.3 Å². The third-order valence-electron chi connectivity index (χ3n) is 5.26. The van der Waals surface area contributed by atoms with Gasteiger partial charge >= 0.3 is 0 Å². The van der Waals surface area contributed by atoms with Crippen molar-refractivity contribution in [3.63, 3.8) is 0 Å². The van der Waals surface area contributed by atoms with E-state index in [-0.39, 0.29) is 18.4 Å². The van der Waals surface area contributed by atoms with E-state index in [1.165, 1.54) is 0 Å². The molecule has 2 aromatic rings. The maximum atomic E-state index is 13.1. The lowest BCUT2D eigenvalue weighted by Crippen LogP contribution is -2.49. The normalized spacial score (nSPS) is 15.6. The first-order chi connectivity index (χ1) is 13.5. The summed E-state index contributed by atoms with van der Waals surface area (Å²) >= 11 is 3.44. The number of halogens is 1. The number of ether oxygens (including phenoxy) is 1. The topological polar surface area (TPSA) is 67.4 Å². The van der Waals surface area contributed by atoms with Crippen molar-refractivity contribution in [2.45, 2.75) is 31.6 Å². The zero-order valence-corrected chi connectivity index (χ0v) is 17.6. The van der Waals surface area contributed by atoms with Gasteiger partial charge in [-0.3, -0.25) is 9.59 Å². The van der Waals surface area contributed by atoms with Gasteiger partial charge in [-0.2, -0.15) is 0 Å². The predicted octanol–water partition coefficient (Wildman–Crippen LogP) is 3.81. The van der Waals surface area contributed by atoms with Crippen LogP contribution in [0.3, 0.4) is 0 Å². The Bertz CT molecular complexity index is 830. The molecule has 28 heavy (non-hydrogen) atoms. The van der Waals surface area contributed by atoms with Crippen molar-refractivity contribution in [3.8, 4) is 0 Å². The molecule has 0 aromatic heterocycles. The van der Waals surface area contributed by atoms with Crippen LogP contribution in [0, 0.1) is 0 Å². The summed E-state index contributed by atoms with van der Waals surface area (Å²) in [4.78, 5) is 25.5. The van der Waals surface area contributed by atoms with Crippen molar-refractivity contribution in [1.29, 1.82) is 0 Å². The van der Waals surface area contributed by atoms with Gasteiger partial charge in [-0.1, -0.05) is 53.2 Å². The number of nitrogens with one attached hydrogen (secondary N) is 2. The summed E-state index contributed by atoms with van der Waals surface area (Å²) in [7, 11) is 0. The Balaban J connectivity index is 1.68. The molecular formula is C22H25BrN2O3. The Hall–Kier alpha value is -2.18. The van der Waals surface area contributed by atoms with Crippen molar-refractivity contribution in [1.82, 2.24) is 5.32 Å². The van der Waals surface area contributed by atoms with E-state index in [9.17, 15) is 9.59 Å². The molecule has 0 saturated carbocycles. The lowest BCUT2D eigenvalue weighted by atomic mass is 9.73. The summed E-state index contributed by atoms with van der Waals surface area (Å²) in [5, 5.41) is 5.74. The number of amides is 2. The molecule has 0 aliphatic carbocycles. The molecule has 1 heterocycles. The van der Waals surface area contributed by atoms with Gasteiger partial charge in [0.05, 0.1) is 12.0 Å². The van der Waals surface area contributed by atoms with E-state index in [4.69, 9.17) is 4.74 Å². The van der Waals surface area contributed by atoms with Gasteiger partial charge in [0.25, 0.3) is 0 Å². The van der Waals surface area contributed by atoms with Crippen LogP contribution in [0.25, 0.3) is 0 Å². The fourth-order valence-corrected chi connectivity index (χ4v) is 3.87. The quantitative estimate of drug-likeness (QED) is 0.711. The highest BCUT2D eigenvalue weighted by Crippen LogP contribution is 2.35. The van der Waals surface area contributed by atoms with E-state index in [1.54, 1.807) is 0 Å². The minimum absolute atomic E-state index is 0.0595. The molecule has 5 nitrogen and oxygen atoms in total. The molecule has 2 N–H and O–H groups in total. The minimum atomic E-state index is -0.666. The number of rotatable bonds is 6. The van der Waals surface area contributed by atoms with Gasteiger partial charge in [-0.15, -0.1) is 0 Å². The summed E-state index contributed by atoms with van der Waals surface area (Å²) in [5.41, 5.74) is 2.14. The fourth-order valence-electron chi connectivity index (χ4n) is 3.61. The number of carbonyl (C=O) groups is 2. The van der Waals surface area contributed by atoms with Gasteiger partial charge < -0.3 is 15.4 Å². The molecule has 1 fully saturated rings.